The summed E-state index contributed by atoms with van der Waals surface area (Å²) in [5.41, 5.74) is -0.515. The number of carbonyl (C=O) groups excluding carboxylic acids is 1. The Morgan fingerprint density at radius 3 is 2.61 bits per heavy atom. The number of hydrogen-bond donors (Lipinski definition) is 2. The third-order valence-corrected chi connectivity index (χ3v) is 4.21. The number of carbonyl (C=O) groups is 1. The normalized spacial score (nSPS) is 23.9. The van der Waals surface area contributed by atoms with Crippen LogP contribution in [0.2, 0.25) is 0 Å². The van der Waals surface area contributed by atoms with E-state index in [4.69, 9.17) is 4.74 Å². The summed E-state index contributed by atoms with van der Waals surface area (Å²) in [6.07, 6.45) is 5.40. The van der Waals surface area contributed by atoms with E-state index in [1.165, 1.54) is 32.1 Å². The highest BCUT2D eigenvalue weighted by atomic mass is 16.6. The lowest BCUT2D eigenvalue weighted by molar-refractivity contribution is 0.0163. The van der Waals surface area contributed by atoms with Gasteiger partial charge in [0.25, 0.3) is 0 Å². The summed E-state index contributed by atoms with van der Waals surface area (Å²) in [7, 11) is 0. The van der Waals surface area contributed by atoms with Crippen molar-refractivity contribution in [3.8, 4) is 0 Å². The Morgan fingerprint density at radius 1 is 1.30 bits per heavy atom. The summed E-state index contributed by atoms with van der Waals surface area (Å²) < 4.78 is 5.43. The van der Waals surface area contributed by atoms with Crippen molar-refractivity contribution in [3.63, 3.8) is 0 Å². The molecule has 1 aliphatic rings. The molecule has 0 spiro atoms. The summed E-state index contributed by atoms with van der Waals surface area (Å²) in [6.45, 7) is 11.2. The molecule has 0 aromatic heterocycles. The van der Waals surface area contributed by atoms with E-state index in [-0.39, 0.29) is 6.09 Å². The third kappa shape index (κ3) is 9.16. The minimum atomic E-state index is -0.554. The highest BCUT2D eigenvalue weighted by Crippen LogP contribution is 2.22. The molecule has 0 bridgehead atoms. The Bertz CT molecular complexity index is 353. The number of hydrogen-bond acceptors (Lipinski definition) is 4. The largest absolute Gasteiger partial charge is 0.444 e. The zero-order valence-electron chi connectivity index (χ0n) is 15.6. The van der Waals surface area contributed by atoms with Crippen molar-refractivity contribution in [2.24, 2.45) is 5.92 Å². The van der Waals surface area contributed by atoms with E-state index >= 15 is 0 Å². The second kappa shape index (κ2) is 9.48. The first kappa shape index (κ1) is 20.2. The molecular formula is C18H36N2O3. The van der Waals surface area contributed by atoms with Crippen molar-refractivity contribution < 1.29 is 14.6 Å². The van der Waals surface area contributed by atoms with Crippen LogP contribution in [0, 0.1) is 5.92 Å². The molecule has 1 saturated carbocycles. The van der Waals surface area contributed by atoms with Crippen LogP contribution in [0.4, 0.5) is 4.79 Å². The van der Waals surface area contributed by atoms with Gasteiger partial charge in [-0.1, -0.05) is 19.8 Å². The van der Waals surface area contributed by atoms with Crippen molar-refractivity contribution in [3.05, 3.63) is 0 Å². The maximum atomic E-state index is 12.2. The second-order valence-electron chi connectivity index (χ2n) is 8.04. The molecule has 0 aromatic carbocycles. The van der Waals surface area contributed by atoms with Crippen LogP contribution in [0.3, 0.4) is 0 Å². The minimum absolute atomic E-state index is 0.304. The number of nitrogens with zero attached hydrogens (tertiary/aromatic N) is 1. The maximum Gasteiger partial charge on any atom is 0.410 e. The van der Waals surface area contributed by atoms with Gasteiger partial charge < -0.3 is 20.1 Å². The van der Waals surface area contributed by atoms with E-state index in [0.717, 1.165) is 12.5 Å². The molecule has 3 atom stereocenters. The average molecular weight is 328 g/mol. The number of amides is 1. The average Bonchev–Trinajstić information content (AvgIpc) is 2.60. The smallest absolute Gasteiger partial charge is 0.410 e. The predicted molar refractivity (Wildman–Crippen MR) is 93.5 cm³/mol. The van der Waals surface area contributed by atoms with E-state index in [0.29, 0.717) is 19.1 Å². The number of nitrogens with one attached hydrogen (secondary N) is 1. The van der Waals surface area contributed by atoms with E-state index < -0.39 is 11.7 Å². The van der Waals surface area contributed by atoms with Crippen LogP contribution >= 0.6 is 0 Å². The summed E-state index contributed by atoms with van der Waals surface area (Å²) in [4.78, 5) is 13.8. The molecule has 5 nitrogen and oxygen atoms in total. The Morgan fingerprint density at radius 2 is 2.00 bits per heavy atom. The Labute approximate surface area is 141 Å². The topological polar surface area (TPSA) is 61.8 Å². The van der Waals surface area contributed by atoms with Gasteiger partial charge in [-0.15, -0.1) is 0 Å². The summed E-state index contributed by atoms with van der Waals surface area (Å²) in [6, 6.07) is 0.548. The fourth-order valence-corrected chi connectivity index (χ4v) is 3.00. The standard InChI is InChI=1S/C18H36N2O3/c1-14-7-6-8-16(10-9-14)19-11-12-20(13-15(2)21)17(22)23-18(3,4)5/h14-16,19,21H,6-13H2,1-5H3. The molecule has 1 aliphatic carbocycles. The number of aliphatic hydroxyl groups excluding tert-OH is 1. The fraction of sp³-hybridized carbons (Fsp3) is 0.944. The van der Waals surface area contributed by atoms with Crippen LogP contribution < -0.4 is 5.32 Å². The molecule has 5 heteroatoms. The molecule has 1 fully saturated rings. The molecule has 0 radical (unpaired) electrons. The molecule has 23 heavy (non-hydrogen) atoms. The Hall–Kier alpha value is -0.810. The van der Waals surface area contributed by atoms with Crippen LogP contribution in [-0.4, -0.2) is 53.5 Å². The Kier molecular flexibility index (Phi) is 8.34. The highest BCUT2D eigenvalue weighted by molar-refractivity contribution is 5.68. The van der Waals surface area contributed by atoms with Crippen molar-refractivity contribution in [1.29, 1.82) is 0 Å². The first-order valence-electron chi connectivity index (χ1n) is 9.06. The van der Waals surface area contributed by atoms with E-state index in [9.17, 15) is 9.90 Å². The van der Waals surface area contributed by atoms with Gasteiger partial charge >= 0.3 is 6.09 Å². The van der Waals surface area contributed by atoms with Gasteiger partial charge in [-0.05, 0) is 52.9 Å². The van der Waals surface area contributed by atoms with Gasteiger partial charge in [0.05, 0.1) is 6.10 Å². The van der Waals surface area contributed by atoms with Gasteiger partial charge in [-0.25, -0.2) is 4.79 Å². The third-order valence-electron chi connectivity index (χ3n) is 4.21. The van der Waals surface area contributed by atoms with E-state index in [1.807, 2.05) is 20.8 Å². The molecule has 0 saturated heterocycles. The van der Waals surface area contributed by atoms with Gasteiger partial charge in [0.2, 0.25) is 0 Å². The summed E-state index contributed by atoms with van der Waals surface area (Å²) in [5.74, 6) is 0.829. The van der Waals surface area contributed by atoms with Gasteiger partial charge in [-0.2, -0.15) is 0 Å². The van der Waals surface area contributed by atoms with E-state index in [1.54, 1.807) is 11.8 Å². The van der Waals surface area contributed by atoms with Crippen LogP contribution in [0.5, 0.6) is 0 Å². The van der Waals surface area contributed by atoms with Crippen molar-refractivity contribution in [2.75, 3.05) is 19.6 Å². The molecule has 2 N–H and O–H groups in total. The maximum absolute atomic E-state index is 12.2. The molecule has 136 valence electrons. The first-order chi connectivity index (χ1) is 10.7. The number of aliphatic hydroxyl groups is 1. The molecule has 3 unspecified atom stereocenters. The molecule has 1 amide bonds. The lowest BCUT2D eigenvalue weighted by Crippen LogP contribution is -2.44. The zero-order valence-corrected chi connectivity index (χ0v) is 15.6. The van der Waals surface area contributed by atoms with Crippen LogP contribution in [0.25, 0.3) is 0 Å². The van der Waals surface area contributed by atoms with Crippen molar-refractivity contribution >= 4 is 6.09 Å². The van der Waals surface area contributed by atoms with Crippen LogP contribution in [-0.2, 0) is 4.74 Å². The molecule has 0 aliphatic heterocycles. The molecule has 0 heterocycles. The predicted octanol–water partition coefficient (Wildman–Crippen LogP) is 3.16. The number of rotatable bonds is 6. The van der Waals surface area contributed by atoms with Crippen LogP contribution in [0.1, 0.15) is 66.7 Å². The van der Waals surface area contributed by atoms with Gasteiger partial charge in [0, 0.05) is 25.7 Å². The summed E-state index contributed by atoms with van der Waals surface area (Å²) in [5, 5.41) is 13.2. The van der Waals surface area contributed by atoms with Gasteiger partial charge in [0.1, 0.15) is 5.60 Å². The molecule has 0 aromatic rings. The minimum Gasteiger partial charge on any atom is -0.444 e. The molecule has 1 rings (SSSR count). The number of ether oxygens (including phenoxy) is 1. The van der Waals surface area contributed by atoms with Gasteiger partial charge in [-0.3, -0.25) is 0 Å². The Balaban J connectivity index is 2.42. The first-order valence-corrected chi connectivity index (χ1v) is 9.06. The van der Waals surface area contributed by atoms with Crippen molar-refractivity contribution in [1.82, 2.24) is 10.2 Å². The zero-order chi connectivity index (χ0) is 17.5. The fourth-order valence-electron chi connectivity index (χ4n) is 3.00. The highest BCUT2D eigenvalue weighted by Gasteiger charge is 2.23. The second-order valence-corrected chi connectivity index (χ2v) is 8.04. The SMILES string of the molecule is CC(O)CN(CCNC1CCCC(C)CC1)C(=O)OC(C)(C)C. The summed E-state index contributed by atoms with van der Waals surface area (Å²) >= 11 is 0. The van der Waals surface area contributed by atoms with Crippen LogP contribution in [0.15, 0.2) is 0 Å². The van der Waals surface area contributed by atoms with Crippen molar-refractivity contribution in [2.45, 2.75) is 84.5 Å². The quantitative estimate of drug-likeness (QED) is 0.735. The van der Waals surface area contributed by atoms with E-state index in [2.05, 4.69) is 12.2 Å². The lowest BCUT2D eigenvalue weighted by atomic mass is 10.0. The molecular weight excluding hydrogens is 292 g/mol. The monoisotopic (exact) mass is 328 g/mol. The van der Waals surface area contributed by atoms with Gasteiger partial charge in [0.15, 0.2) is 0 Å². The lowest BCUT2D eigenvalue weighted by Gasteiger charge is -2.29.